The minimum atomic E-state index is 0.123. The first-order chi connectivity index (χ1) is 8.59. The van der Waals surface area contributed by atoms with Gasteiger partial charge in [0.05, 0.1) is 11.2 Å². The molecule has 0 radical (unpaired) electrons. The number of nitrogens with one attached hydrogen (secondary N) is 1. The van der Waals surface area contributed by atoms with Gasteiger partial charge in [-0.2, -0.15) is 0 Å². The fourth-order valence-electron chi connectivity index (χ4n) is 2.92. The molecule has 1 aromatic heterocycles. The molecule has 1 atom stereocenters. The largest absolute Gasteiger partial charge is 0.304 e. The van der Waals surface area contributed by atoms with E-state index >= 15 is 0 Å². The maximum Gasteiger partial charge on any atom is 0.115 e. The molecule has 1 unspecified atom stereocenters. The highest BCUT2D eigenvalue weighted by molar-refractivity contribution is 7.11. The van der Waals surface area contributed by atoms with E-state index in [4.69, 9.17) is 4.98 Å². The SMILES string of the molecule is Cc1nc(C2(NC3CC3)CCCN(C)C2)sc1C. The van der Waals surface area contributed by atoms with E-state index < -0.39 is 0 Å². The maximum absolute atomic E-state index is 4.85. The Hall–Kier alpha value is -0.450. The van der Waals surface area contributed by atoms with Gasteiger partial charge in [-0.3, -0.25) is 0 Å². The van der Waals surface area contributed by atoms with Crippen molar-refractivity contribution in [3.63, 3.8) is 0 Å². The minimum absolute atomic E-state index is 0.123. The van der Waals surface area contributed by atoms with Gasteiger partial charge in [0.1, 0.15) is 5.01 Å². The molecule has 0 bridgehead atoms. The first-order valence-electron chi connectivity index (χ1n) is 7.00. The van der Waals surface area contributed by atoms with Crippen LogP contribution in [0.25, 0.3) is 0 Å². The van der Waals surface area contributed by atoms with Gasteiger partial charge in [0.15, 0.2) is 0 Å². The summed E-state index contributed by atoms with van der Waals surface area (Å²) >= 11 is 1.89. The smallest absolute Gasteiger partial charge is 0.115 e. The zero-order valence-corrected chi connectivity index (χ0v) is 12.4. The van der Waals surface area contributed by atoms with Crippen molar-refractivity contribution in [2.24, 2.45) is 0 Å². The predicted molar refractivity (Wildman–Crippen MR) is 76.2 cm³/mol. The molecule has 1 saturated heterocycles. The van der Waals surface area contributed by atoms with Crippen LogP contribution in [0.15, 0.2) is 0 Å². The van der Waals surface area contributed by atoms with Crippen molar-refractivity contribution >= 4 is 11.3 Å². The molecule has 1 aromatic rings. The topological polar surface area (TPSA) is 28.2 Å². The van der Waals surface area contributed by atoms with Crippen molar-refractivity contribution in [1.82, 2.24) is 15.2 Å². The Balaban J connectivity index is 1.92. The third kappa shape index (κ3) is 2.33. The van der Waals surface area contributed by atoms with Gasteiger partial charge >= 0.3 is 0 Å². The van der Waals surface area contributed by atoms with Crippen molar-refractivity contribution in [3.8, 4) is 0 Å². The number of thiazole rings is 1. The zero-order valence-electron chi connectivity index (χ0n) is 11.6. The summed E-state index contributed by atoms with van der Waals surface area (Å²) < 4.78 is 0. The molecule has 1 saturated carbocycles. The molecule has 3 nitrogen and oxygen atoms in total. The zero-order chi connectivity index (χ0) is 12.8. The molecule has 18 heavy (non-hydrogen) atoms. The van der Waals surface area contributed by atoms with Crippen LogP contribution in [0.3, 0.4) is 0 Å². The van der Waals surface area contributed by atoms with Crippen LogP contribution in [-0.4, -0.2) is 36.1 Å². The van der Waals surface area contributed by atoms with Gasteiger partial charge in [-0.15, -0.1) is 11.3 Å². The number of piperidine rings is 1. The number of rotatable bonds is 3. The van der Waals surface area contributed by atoms with E-state index in [2.05, 4.69) is 31.1 Å². The molecular formula is C14H23N3S. The number of aryl methyl sites for hydroxylation is 2. The summed E-state index contributed by atoms with van der Waals surface area (Å²) in [4.78, 5) is 8.67. The van der Waals surface area contributed by atoms with E-state index in [1.54, 1.807) is 0 Å². The second-order valence-electron chi connectivity index (χ2n) is 6.00. The van der Waals surface area contributed by atoms with Crippen molar-refractivity contribution in [2.75, 3.05) is 20.1 Å². The summed E-state index contributed by atoms with van der Waals surface area (Å²) in [6, 6.07) is 0.737. The molecule has 1 aliphatic carbocycles. The summed E-state index contributed by atoms with van der Waals surface area (Å²) in [5.74, 6) is 0. The lowest BCUT2D eigenvalue weighted by atomic mass is 9.89. The van der Waals surface area contributed by atoms with Crippen molar-refractivity contribution < 1.29 is 0 Å². The molecule has 2 heterocycles. The lowest BCUT2D eigenvalue weighted by Crippen LogP contribution is -2.54. The van der Waals surface area contributed by atoms with Crippen LogP contribution in [0.5, 0.6) is 0 Å². The number of likely N-dealkylation sites (tertiary alicyclic amines) is 1. The molecule has 1 aliphatic heterocycles. The standard InChI is InChI=1S/C14H23N3S/c1-10-11(2)18-13(15-10)14(16-12-5-6-12)7-4-8-17(3)9-14/h12,16H,4-9H2,1-3H3. The van der Waals surface area contributed by atoms with Crippen molar-refractivity contribution in [1.29, 1.82) is 0 Å². The first-order valence-corrected chi connectivity index (χ1v) is 7.81. The highest BCUT2D eigenvalue weighted by atomic mass is 32.1. The van der Waals surface area contributed by atoms with Crippen LogP contribution in [0, 0.1) is 13.8 Å². The Labute approximate surface area is 114 Å². The van der Waals surface area contributed by atoms with Gasteiger partial charge in [0, 0.05) is 17.5 Å². The Morgan fingerprint density at radius 2 is 2.17 bits per heavy atom. The number of likely N-dealkylation sites (N-methyl/N-ethyl adjacent to an activating group) is 1. The maximum atomic E-state index is 4.85. The van der Waals surface area contributed by atoms with Crippen LogP contribution >= 0.6 is 11.3 Å². The van der Waals surface area contributed by atoms with Crippen LogP contribution in [0.2, 0.25) is 0 Å². The molecule has 0 amide bonds. The Morgan fingerprint density at radius 1 is 1.39 bits per heavy atom. The van der Waals surface area contributed by atoms with Crippen LogP contribution in [-0.2, 0) is 5.54 Å². The van der Waals surface area contributed by atoms with Gasteiger partial charge in [0.2, 0.25) is 0 Å². The second kappa shape index (κ2) is 4.58. The van der Waals surface area contributed by atoms with Crippen LogP contribution < -0.4 is 5.32 Å². The molecule has 0 aromatic carbocycles. The Bertz CT molecular complexity index is 415. The average Bonchev–Trinajstić information content (AvgIpc) is 3.05. The average molecular weight is 265 g/mol. The molecule has 2 fully saturated rings. The van der Waals surface area contributed by atoms with E-state index in [0.29, 0.717) is 0 Å². The normalized spacial score (nSPS) is 29.7. The summed E-state index contributed by atoms with van der Waals surface area (Å²) in [7, 11) is 2.23. The molecule has 4 heteroatoms. The third-order valence-electron chi connectivity index (χ3n) is 4.18. The van der Waals surface area contributed by atoms with Gasteiger partial charge in [-0.1, -0.05) is 0 Å². The summed E-state index contributed by atoms with van der Waals surface area (Å²) in [5, 5.41) is 5.22. The molecular weight excluding hydrogens is 242 g/mol. The number of nitrogens with zero attached hydrogens (tertiary/aromatic N) is 2. The Morgan fingerprint density at radius 3 is 2.72 bits per heavy atom. The molecule has 3 rings (SSSR count). The fourth-order valence-corrected chi connectivity index (χ4v) is 4.01. The second-order valence-corrected chi connectivity index (χ2v) is 7.21. The van der Waals surface area contributed by atoms with Crippen molar-refractivity contribution in [3.05, 3.63) is 15.6 Å². The molecule has 2 aliphatic rings. The first kappa shape index (κ1) is 12.6. The summed E-state index contributed by atoms with van der Waals surface area (Å²) in [5.41, 5.74) is 1.33. The monoisotopic (exact) mass is 265 g/mol. The fraction of sp³-hybridized carbons (Fsp3) is 0.786. The highest BCUT2D eigenvalue weighted by Crippen LogP contribution is 2.37. The summed E-state index contributed by atoms with van der Waals surface area (Å²) in [6.07, 6.45) is 5.19. The quantitative estimate of drug-likeness (QED) is 0.910. The van der Waals surface area contributed by atoms with Crippen LogP contribution in [0.1, 0.15) is 41.3 Å². The Kier molecular flexibility index (Phi) is 3.20. The molecule has 100 valence electrons. The van der Waals surface area contributed by atoms with Gasteiger partial charge in [-0.05, 0) is 53.1 Å². The number of hydrogen-bond donors (Lipinski definition) is 1. The van der Waals surface area contributed by atoms with E-state index in [-0.39, 0.29) is 5.54 Å². The third-order valence-corrected chi connectivity index (χ3v) is 5.46. The summed E-state index contributed by atoms with van der Waals surface area (Å²) in [6.45, 7) is 6.65. The van der Waals surface area contributed by atoms with Gasteiger partial charge < -0.3 is 10.2 Å². The van der Waals surface area contributed by atoms with E-state index in [1.807, 2.05) is 11.3 Å². The lowest BCUT2D eigenvalue weighted by molar-refractivity contribution is 0.141. The van der Waals surface area contributed by atoms with Gasteiger partial charge in [-0.25, -0.2) is 4.98 Å². The molecule has 1 N–H and O–H groups in total. The number of hydrogen-bond acceptors (Lipinski definition) is 4. The van der Waals surface area contributed by atoms with E-state index in [0.717, 1.165) is 12.6 Å². The van der Waals surface area contributed by atoms with Gasteiger partial charge in [0.25, 0.3) is 0 Å². The van der Waals surface area contributed by atoms with Crippen LogP contribution in [0.4, 0.5) is 0 Å². The molecule has 0 spiro atoms. The van der Waals surface area contributed by atoms with E-state index in [1.165, 1.54) is 47.8 Å². The number of aromatic nitrogens is 1. The minimum Gasteiger partial charge on any atom is -0.304 e. The predicted octanol–water partition coefficient (Wildman–Crippen LogP) is 2.43. The highest BCUT2D eigenvalue weighted by Gasteiger charge is 2.42. The van der Waals surface area contributed by atoms with Crippen molar-refractivity contribution in [2.45, 2.75) is 51.1 Å². The van der Waals surface area contributed by atoms with E-state index in [9.17, 15) is 0 Å². The lowest BCUT2D eigenvalue weighted by Gasteiger charge is -2.41.